The Labute approximate surface area is 186 Å². The molecular weight excluding hydrogens is 394 g/mol. The highest BCUT2D eigenvalue weighted by Crippen LogP contribution is 2.38. The molecule has 0 atom stereocenters. The van der Waals surface area contributed by atoms with Gasteiger partial charge in [0.2, 0.25) is 0 Å². The third-order valence-electron chi connectivity index (χ3n) is 6.04. The molecule has 3 heterocycles. The van der Waals surface area contributed by atoms with Crippen LogP contribution in [0.5, 0.6) is 0 Å². The zero-order valence-electron chi connectivity index (χ0n) is 18.3. The molecule has 3 aromatic carbocycles. The summed E-state index contributed by atoms with van der Waals surface area (Å²) in [6.07, 6.45) is 1.94. The van der Waals surface area contributed by atoms with Gasteiger partial charge >= 0.3 is 0 Å². The summed E-state index contributed by atoms with van der Waals surface area (Å²) in [5.41, 5.74) is 6.62. The average Bonchev–Trinajstić information content (AvgIpc) is 3.37. The summed E-state index contributed by atoms with van der Waals surface area (Å²) in [5, 5.41) is 2.20. The average molecular weight is 418 g/mol. The smallest absolute Gasteiger partial charge is 0.178 e. The van der Waals surface area contributed by atoms with Gasteiger partial charge in [-0.25, -0.2) is 9.97 Å². The van der Waals surface area contributed by atoms with E-state index in [-0.39, 0.29) is 5.41 Å². The van der Waals surface area contributed by atoms with Crippen LogP contribution in [-0.2, 0) is 5.41 Å². The van der Waals surface area contributed by atoms with Gasteiger partial charge in [0.15, 0.2) is 11.5 Å². The fourth-order valence-corrected chi connectivity index (χ4v) is 4.31. The number of imidazole rings is 1. The van der Waals surface area contributed by atoms with E-state index >= 15 is 0 Å². The zero-order valence-corrected chi connectivity index (χ0v) is 18.3. The SMILES string of the molecule is CC(C)(C)c1cnc2nc(-c3cccc4c3oc3ccccc34)n(-c3ccccc3)c2c1. The Hall–Kier alpha value is -3.92. The summed E-state index contributed by atoms with van der Waals surface area (Å²) in [6.45, 7) is 6.61. The lowest BCUT2D eigenvalue weighted by atomic mass is 9.88. The van der Waals surface area contributed by atoms with E-state index in [2.05, 4.69) is 67.8 Å². The second kappa shape index (κ2) is 6.79. The van der Waals surface area contributed by atoms with E-state index in [9.17, 15) is 0 Å². The van der Waals surface area contributed by atoms with Crippen molar-refractivity contribution in [3.8, 4) is 17.1 Å². The van der Waals surface area contributed by atoms with E-state index in [1.54, 1.807) is 0 Å². The molecule has 0 amide bonds. The molecule has 6 aromatic rings. The van der Waals surface area contributed by atoms with Gasteiger partial charge in [0, 0.05) is 22.7 Å². The predicted octanol–water partition coefficient (Wildman–Crippen LogP) is 7.28. The van der Waals surface area contributed by atoms with Crippen molar-refractivity contribution in [2.75, 3.05) is 0 Å². The van der Waals surface area contributed by atoms with Crippen molar-refractivity contribution in [2.45, 2.75) is 26.2 Å². The first kappa shape index (κ1) is 18.8. The largest absolute Gasteiger partial charge is 0.455 e. The van der Waals surface area contributed by atoms with E-state index in [0.717, 1.165) is 50.2 Å². The molecule has 0 N–H and O–H groups in total. The fraction of sp³-hybridized carbons (Fsp3) is 0.143. The van der Waals surface area contributed by atoms with E-state index < -0.39 is 0 Å². The van der Waals surface area contributed by atoms with E-state index in [0.29, 0.717) is 0 Å². The molecule has 32 heavy (non-hydrogen) atoms. The van der Waals surface area contributed by atoms with Crippen LogP contribution in [0.2, 0.25) is 0 Å². The Balaban J connectivity index is 1.72. The fourth-order valence-electron chi connectivity index (χ4n) is 4.31. The van der Waals surface area contributed by atoms with Gasteiger partial charge in [-0.1, -0.05) is 69.3 Å². The quantitative estimate of drug-likeness (QED) is 0.297. The highest BCUT2D eigenvalue weighted by atomic mass is 16.3. The highest BCUT2D eigenvalue weighted by molar-refractivity contribution is 6.09. The summed E-state index contributed by atoms with van der Waals surface area (Å²) < 4.78 is 8.52. The minimum atomic E-state index is -0.00805. The molecule has 0 aliphatic heterocycles. The van der Waals surface area contributed by atoms with Gasteiger partial charge in [0.05, 0.1) is 11.1 Å². The number of pyridine rings is 1. The Morgan fingerprint density at radius 3 is 2.38 bits per heavy atom. The molecule has 0 fully saturated rings. The van der Waals surface area contributed by atoms with Crippen molar-refractivity contribution in [1.29, 1.82) is 0 Å². The predicted molar refractivity (Wildman–Crippen MR) is 130 cm³/mol. The number of hydrogen-bond donors (Lipinski definition) is 0. The molecule has 6 rings (SSSR count). The van der Waals surface area contributed by atoms with Crippen LogP contribution in [0.3, 0.4) is 0 Å². The first-order valence-corrected chi connectivity index (χ1v) is 10.9. The monoisotopic (exact) mass is 417 g/mol. The second-order valence-corrected chi connectivity index (χ2v) is 9.20. The third-order valence-corrected chi connectivity index (χ3v) is 6.04. The second-order valence-electron chi connectivity index (χ2n) is 9.20. The van der Waals surface area contributed by atoms with Gasteiger partial charge in [-0.15, -0.1) is 0 Å². The summed E-state index contributed by atoms with van der Waals surface area (Å²) in [4.78, 5) is 9.73. The number of furan rings is 1. The van der Waals surface area contributed by atoms with Crippen molar-refractivity contribution < 1.29 is 4.42 Å². The first-order chi connectivity index (χ1) is 15.5. The van der Waals surface area contributed by atoms with Crippen LogP contribution in [0.15, 0.2) is 89.5 Å². The molecule has 0 saturated carbocycles. The van der Waals surface area contributed by atoms with Crippen molar-refractivity contribution in [3.63, 3.8) is 0 Å². The van der Waals surface area contributed by atoms with Crippen LogP contribution in [0.1, 0.15) is 26.3 Å². The third kappa shape index (κ3) is 2.83. The van der Waals surface area contributed by atoms with Crippen molar-refractivity contribution >= 4 is 33.1 Å². The first-order valence-electron chi connectivity index (χ1n) is 10.9. The van der Waals surface area contributed by atoms with Crippen LogP contribution in [-0.4, -0.2) is 14.5 Å². The molecule has 0 spiro atoms. The lowest BCUT2D eigenvalue weighted by molar-refractivity contribution is 0.588. The molecular formula is C28H23N3O. The Kier molecular flexibility index (Phi) is 3.99. The topological polar surface area (TPSA) is 43.9 Å². The maximum atomic E-state index is 6.33. The summed E-state index contributed by atoms with van der Waals surface area (Å²) >= 11 is 0. The number of fused-ring (bicyclic) bond motifs is 4. The van der Waals surface area contributed by atoms with Crippen LogP contribution >= 0.6 is 0 Å². The Bertz CT molecular complexity index is 1600. The summed E-state index contributed by atoms with van der Waals surface area (Å²) in [7, 11) is 0. The van der Waals surface area contributed by atoms with Gasteiger partial charge in [-0.3, -0.25) is 4.57 Å². The van der Waals surface area contributed by atoms with Crippen LogP contribution in [0.25, 0.3) is 50.2 Å². The van der Waals surface area contributed by atoms with Crippen LogP contribution < -0.4 is 0 Å². The molecule has 0 aliphatic carbocycles. The maximum Gasteiger partial charge on any atom is 0.178 e. The number of hydrogen-bond acceptors (Lipinski definition) is 3. The van der Waals surface area contributed by atoms with Gasteiger partial charge in [0.25, 0.3) is 0 Å². The van der Waals surface area contributed by atoms with E-state index in [1.807, 2.05) is 42.6 Å². The summed E-state index contributed by atoms with van der Waals surface area (Å²) in [6, 6.07) is 27.0. The van der Waals surface area contributed by atoms with Gasteiger partial charge in [0.1, 0.15) is 11.2 Å². The Morgan fingerprint density at radius 2 is 1.56 bits per heavy atom. The standard InChI is InChI=1S/C28H23N3O/c1-28(2,3)18-16-23-26(29-17-18)30-27(31(23)19-10-5-4-6-11-19)22-14-9-13-21-20-12-7-8-15-24(20)32-25(21)22/h4-17H,1-3H3. The number of aromatic nitrogens is 3. The van der Waals surface area contributed by atoms with Crippen LogP contribution in [0, 0.1) is 0 Å². The normalized spacial score (nSPS) is 12.2. The molecule has 3 aromatic heterocycles. The van der Waals surface area contributed by atoms with Crippen molar-refractivity contribution in [3.05, 3.63) is 90.6 Å². The lowest BCUT2D eigenvalue weighted by Crippen LogP contribution is -2.11. The van der Waals surface area contributed by atoms with Crippen molar-refractivity contribution in [1.82, 2.24) is 14.5 Å². The highest BCUT2D eigenvalue weighted by Gasteiger charge is 2.22. The summed E-state index contributed by atoms with van der Waals surface area (Å²) in [5.74, 6) is 0.828. The number of para-hydroxylation sites is 3. The molecule has 0 saturated heterocycles. The Morgan fingerprint density at radius 1 is 0.812 bits per heavy atom. The van der Waals surface area contributed by atoms with E-state index in [1.165, 1.54) is 5.56 Å². The molecule has 156 valence electrons. The number of rotatable bonds is 2. The maximum absolute atomic E-state index is 6.33. The van der Waals surface area contributed by atoms with Crippen LogP contribution in [0.4, 0.5) is 0 Å². The number of benzene rings is 3. The minimum Gasteiger partial charge on any atom is -0.455 e. The van der Waals surface area contributed by atoms with E-state index in [4.69, 9.17) is 14.4 Å². The molecule has 0 bridgehead atoms. The molecule has 4 heteroatoms. The molecule has 4 nitrogen and oxygen atoms in total. The van der Waals surface area contributed by atoms with Crippen molar-refractivity contribution in [2.24, 2.45) is 0 Å². The van der Waals surface area contributed by atoms with Gasteiger partial charge in [-0.05, 0) is 41.3 Å². The lowest BCUT2D eigenvalue weighted by Gasteiger charge is -2.18. The zero-order chi connectivity index (χ0) is 21.9. The molecule has 0 unspecified atom stereocenters. The van der Waals surface area contributed by atoms with Gasteiger partial charge in [-0.2, -0.15) is 0 Å². The van der Waals surface area contributed by atoms with Gasteiger partial charge < -0.3 is 4.42 Å². The molecule has 0 radical (unpaired) electrons. The minimum absolute atomic E-state index is 0.00805. The number of nitrogens with zero attached hydrogens (tertiary/aromatic N) is 3. The molecule has 0 aliphatic rings.